The number of carbonyl (C=O) groups excluding carboxylic acids is 1. The summed E-state index contributed by atoms with van der Waals surface area (Å²) in [6.45, 7) is 4.48. The molecule has 0 amide bonds. The van der Waals surface area contributed by atoms with Crippen molar-refractivity contribution in [3.05, 3.63) is 101 Å². The predicted molar refractivity (Wildman–Crippen MR) is 145 cm³/mol. The molecule has 2 aromatic heterocycles. The molecule has 38 heavy (non-hydrogen) atoms. The lowest BCUT2D eigenvalue weighted by Crippen LogP contribution is -2.38. The monoisotopic (exact) mass is 530 g/mol. The Morgan fingerprint density at radius 1 is 1.13 bits per heavy atom. The van der Waals surface area contributed by atoms with Crippen LogP contribution < -0.4 is 14.6 Å². The number of rotatable bonds is 9. The smallest absolute Gasteiger partial charge is 0.289 e. The van der Waals surface area contributed by atoms with E-state index < -0.39 is 0 Å². The summed E-state index contributed by atoms with van der Waals surface area (Å²) < 4.78 is 27.0. The zero-order valence-corrected chi connectivity index (χ0v) is 21.7. The van der Waals surface area contributed by atoms with Crippen LogP contribution in [0.15, 0.2) is 83.5 Å². The second-order valence-electron chi connectivity index (χ2n) is 9.00. The Bertz CT molecular complexity index is 1620. The van der Waals surface area contributed by atoms with Gasteiger partial charge in [0.15, 0.2) is 12.0 Å². The number of benzene rings is 3. The molecule has 2 heterocycles. The van der Waals surface area contributed by atoms with Gasteiger partial charge in [-0.15, -0.1) is 0 Å². The first-order chi connectivity index (χ1) is 18.4. The fourth-order valence-electron chi connectivity index (χ4n) is 4.19. The molecule has 5 rings (SSSR count). The van der Waals surface area contributed by atoms with E-state index in [2.05, 4.69) is 23.7 Å². The zero-order valence-electron chi connectivity index (χ0n) is 20.9. The van der Waals surface area contributed by atoms with Gasteiger partial charge < -0.3 is 14.5 Å². The minimum atomic E-state index is -0.312. The highest BCUT2D eigenvalue weighted by Crippen LogP contribution is 2.33. The first kappa shape index (κ1) is 25.4. The summed E-state index contributed by atoms with van der Waals surface area (Å²) in [5.74, 6) is 1.70. The summed E-state index contributed by atoms with van der Waals surface area (Å²) in [6, 6.07) is 21.3. The molecule has 0 saturated heterocycles. The van der Waals surface area contributed by atoms with Crippen molar-refractivity contribution in [1.82, 2.24) is 4.98 Å². The number of nitrogens with zero attached hydrogens (tertiary/aromatic N) is 2. The third-order valence-corrected chi connectivity index (χ3v) is 6.71. The van der Waals surface area contributed by atoms with E-state index in [4.69, 9.17) is 25.7 Å². The molecule has 0 spiro atoms. The van der Waals surface area contributed by atoms with Crippen LogP contribution in [0.5, 0.6) is 5.75 Å². The molecule has 0 radical (unpaired) electrons. The summed E-state index contributed by atoms with van der Waals surface area (Å²) >= 11 is 6.51. The summed E-state index contributed by atoms with van der Waals surface area (Å²) in [6.07, 6.45) is 3.46. The van der Waals surface area contributed by atoms with E-state index >= 15 is 0 Å². The number of halogens is 2. The number of aromatic nitrogens is 2. The van der Waals surface area contributed by atoms with Crippen LogP contribution in [0.1, 0.15) is 42.4 Å². The SMILES string of the molecule is CCC(C)[n+]1cnc(Nc2ccc(OCc3cccc(F)c3)c(Cl)c2)c2cc(-c3ccc(C=O)o3)ccc21. The molecule has 0 aliphatic rings. The van der Waals surface area contributed by atoms with Gasteiger partial charge in [-0.3, -0.25) is 4.79 Å². The molecule has 8 heteroatoms. The highest BCUT2D eigenvalue weighted by molar-refractivity contribution is 6.32. The number of ether oxygens (including phenoxy) is 1. The van der Waals surface area contributed by atoms with Crippen molar-refractivity contribution in [2.24, 2.45) is 0 Å². The predicted octanol–water partition coefficient (Wildman–Crippen LogP) is 7.68. The van der Waals surface area contributed by atoms with Crippen LogP contribution >= 0.6 is 11.6 Å². The Kier molecular flexibility index (Phi) is 7.38. The molecule has 0 aliphatic carbocycles. The van der Waals surface area contributed by atoms with Crippen LogP contribution in [0.3, 0.4) is 0 Å². The van der Waals surface area contributed by atoms with E-state index in [0.29, 0.717) is 34.2 Å². The van der Waals surface area contributed by atoms with E-state index in [1.165, 1.54) is 12.1 Å². The van der Waals surface area contributed by atoms with Crippen molar-refractivity contribution in [3.8, 4) is 17.1 Å². The highest BCUT2D eigenvalue weighted by atomic mass is 35.5. The number of anilines is 2. The Balaban J connectivity index is 1.46. The Hall–Kier alpha value is -4.23. The van der Waals surface area contributed by atoms with Crippen LogP contribution in [0.4, 0.5) is 15.9 Å². The quantitative estimate of drug-likeness (QED) is 0.156. The maximum Gasteiger partial charge on any atom is 0.289 e. The van der Waals surface area contributed by atoms with Gasteiger partial charge in [0, 0.05) is 11.3 Å². The molecule has 6 nitrogen and oxygen atoms in total. The molecule has 0 saturated carbocycles. The molecule has 0 aliphatic heterocycles. The average molecular weight is 531 g/mol. The molecule has 1 unspecified atom stereocenters. The van der Waals surface area contributed by atoms with Crippen LogP contribution in [-0.2, 0) is 6.61 Å². The van der Waals surface area contributed by atoms with Crippen molar-refractivity contribution in [2.75, 3.05) is 5.32 Å². The summed E-state index contributed by atoms with van der Waals surface area (Å²) in [5.41, 5.74) is 3.28. The first-order valence-corrected chi connectivity index (χ1v) is 12.7. The van der Waals surface area contributed by atoms with E-state index in [9.17, 15) is 9.18 Å². The lowest BCUT2D eigenvalue weighted by atomic mass is 10.1. The molecule has 192 valence electrons. The van der Waals surface area contributed by atoms with Crippen LogP contribution in [-0.4, -0.2) is 11.3 Å². The number of nitrogens with one attached hydrogen (secondary N) is 1. The number of carbonyl (C=O) groups is 1. The van der Waals surface area contributed by atoms with Gasteiger partial charge in [-0.25, -0.2) is 8.96 Å². The fraction of sp³-hybridized carbons (Fsp3) is 0.167. The topological polar surface area (TPSA) is 68.2 Å². The third-order valence-electron chi connectivity index (χ3n) is 6.41. The number of hydrogen-bond donors (Lipinski definition) is 1. The zero-order chi connectivity index (χ0) is 26.6. The second-order valence-corrected chi connectivity index (χ2v) is 9.41. The van der Waals surface area contributed by atoms with Crippen molar-refractivity contribution in [1.29, 1.82) is 0 Å². The second kappa shape index (κ2) is 11.0. The van der Waals surface area contributed by atoms with Gasteiger partial charge >= 0.3 is 0 Å². The molecule has 0 fully saturated rings. The van der Waals surface area contributed by atoms with Crippen molar-refractivity contribution < 1.29 is 22.9 Å². The van der Waals surface area contributed by atoms with Gasteiger partial charge in [-0.2, -0.15) is 0 Å². The van der Waals surface area contributed by atoms with E-state index in [0.717, 1.165) is 28.6 Å². The maximum absolute atomic E-state index is 13.5. The van der Waals surface area contributed by atoms with Crippen molar-refractivity contribution in [2.45, 2.75) is 32.9 Å². The number of aldehydes is 1. The summed E-state index contributed by atoms with van der Waals surface area (Å²) in [7, 11) is 0. The van der Waals surface area contributed by atoms with Gasteiger partial charge in [0.2, 0.25) is 0 Å². The summed E-state index contributed by atoms with van der Waals surface area (Å²) in [5, 5.41) is 4.68. The fourth-order valence-corrected chi connectivity index (χ4v) is 4.43. The normalized spacial score (nSPS) is 11.9. The van der Waals surface area contributed by atoms with Crippen molar-refractivity contribution in [3.63, 3.8) is 0 Å². The van der Waals surface area contributed by atoms with Crippen LogP contribution in [0.2, 0.25) is 5.02 Å². The van der Waals surface area contributed by atoms with E-state index in [1.54, 1.807) is 36.4 Å². The Morgan fingerprint density at radius 2 is 2.00 bits per heavy atom. The molecule has 1 atom stereocenters. The van der Waals surface area contributed by atoms with Gasteiger partial charge in [0.25, 0.3) is 12.1 Å². The van der Waals surface area contributed by atoms with Gasteiger partial charge in [-0.1, -0.05) is 30.7 Å². The molecule has 3 aromatic carbocycles. The summed E-state index contributed by atoms with van der Waals surface area (Å²) in [4.78, 5) is 15.8. The largest absolute Gasteiger partial charge is 0.487 e. The van der Waals surface area contributed by atoms with E-state index in [1.807, 2.05) is 30.6 Å². The van der Waals surface area contributed by atoms with Gasteiger partial charge in [0.1, 0.15) is 29.5 Å². The van der Waals surface area contributed by atoms with Gasteiger partial charge in [0.05, 0.1) is 16.5 Å². The minimum Gasteiger partial charge on any atom is -0.487 e. The molecule has 0 bridgehead atoms. The highest BCUT2D eigenvalue weighted by Gasteiger charge is 2.20. The Labute approximate surface area is 224 Å². The standard InChI is InChI=1S/C30H25ClFN3O3/c1-3-19(2)35-18-33-30(25-14-21(7-10-27(25)35)28-12-9-24(16-36)38-28)34-23-8-11-29(26(31)15-23)37-17-20-5-4-6-22(32)13-20/h4-16,18-19H,3,17H2,1-2H3/p+1. The minimum absolute atomic E-state index is 0.201. The number of furan rings is 1. The molecule has 1 N–H and O–H groups in total. The van der Waals surface area contributed by atoms with Crippen LogP contribution in [0, 0.1) is 5.82 Å². The van der Waals surface area contributed by atoms with Crippen LogP contribution in [0.25, 0.3) is 22.2 Å². The lowest BCUT2D eigenvalue weighted by Gasteiger charge is -2.13. The molecular weight excluding hydrogens is 505 g/mol. The number of fused-ring (bicyclic) bond motifs is 1. The molecular formula is C30H26ClFN3O3+. The average Bonchev–Trinajstić information content (AvgIpc) is 3.42. The third kappa shape index (κ3) is 5.38. The lowest BCUT2D eigenvalue weighted by molar-refractivity contribution is -0.697. The molecule has 5 aromatic rings. The van der Waals surface area contributed by atoms with Crippen molar-refractivity contribution >= 4 is 40.3 Å². The maximum atomic E-state index is 13.5. The van der Waals surface area contributed by atoms with E-state index in [-0.39, 0.29) is 24.2 Å². The first-order valence-electron chi connectivity index (χ1n) is 12.3. The Morgan fingerprint density at radius 3 is 2.74 bits per heavy atom. The number of hydrogen-bond acceptors (Lipinski definition) is 5. The van der Waals surface area contributed by atoms with Gasteiger partial charge in [-0.05, 0) is 84.6 Å².